The third-order valence-electron chi connectivity index (χ3n) is 3.20. The molecule has 96 valence electrons. The molecule has 0 N–H and O–H groups in total. The van der Waals surface area contributed by atoms with Gasteiger partial charge in [0.25, 0.3) is 0 Å². The average molecular weight is 273 g/mol. The fourth-order valence-corrected chi connectivity index (χ4v) is 2.65. The summed E-state index contributed by atoms with van der Waals surface area (Å²) in [7, 11) is 0. The molecule has 1 atom stereocenters. The summed E-state index contributed by atoms with van der Waals surface area (Å²) in [5.41, 5.74) is 3.56. The minimum Gasteiger partial charge on any atom is -0.118 e. The van der Waals surface area contributed by atoms with Crippen LogP contribution in [0.5, 0.6) is 0 Å². The van der Waals surface area contributed by atoms with Crippen molar-refractivity contribution in [1.82, 2.24) is 0 Å². The topological polar surface area (TPSA) is 0 Å². The molecule has 0 aliphatic carbocycles. The van der Waals surface area contributed by atoms with Crippen molar-refractivity contribution in [2.24, 2.45) is 0 Å². The highest BCUT2D eigenvalue weighted by atomic mass is 35.5. The van der Waals surface area contributed by atoms with E-state index in [0.29, 0.717) is 0 Å². The lowest BCUT2D eigenvalue weighted by Gasteiger charge is -2.14. The van der Waals surface area contributed by atoms with Gasteiger partial charge < -0.3 is 0 Å². The van der Waals surface area contributed by atoms with Crippen molar-refractivity contribution in [2.75, 3.05) is 0 Å². The maximum Gasteiger partial charge on any atom is 0.0587 e. The number of halogens is 2. The molecular weight excluding hydrogens is 251 g/mol. The first-order chi connectivity index (χ1) is 8.06. The van der Waals surface area contributed by atoms with Crippen LogP contribution in [0.15, 0.2) is 12.1 Å². The Morgan fingerprint density at radius 2 is 1.76 bits per heavy atom. The van der Waals surface area contributed by atoms with Gasteiger partial charge in [0.15, 0.2) is 0 Å². The Hall–Kier alpha value is -0.200. The lowest BCUT2D eigenvalue weighted by Crippen LogP contribution is -1.96. The van der Waals surface area contributed by atoms with E-state index >= 15 is 0 Å². The van der Waals surface area contributed by atoms with Crippen molar-refractivity contribution in [1.29, 1.82) is 0 Å². The number of aryl methyl sites for hydroxylation is 2. The van der Waals surface area contributed by atoms with E-state index in [4.69, 9.17) is 23.2 Å². The van der Waals surface area contributed by atoms with E-state index in [1.807, 2.05) is 13.0 Å². The van der Waals surface area contributed by atoms with Crippen LogP contribution in [0.25, 0.3) is 0 Å². The van der Waals surface area contributed by atoms with Gasteiger partial charge in [0.2, 0.25) is 0 Å². The zero-order valence-corrected chi connectivity index (χ0v) is 12.5. The number of benzene rings is 1. The van der Waals surface area contributed by atoms with Crippen molar-refractivity contribution >= 4 is 23.2 Å². The molecule has 0 spiro atoms. The predicted molar refractivity (Wildman–Crippen MR) is 78.3 cm³/mol. The molecule has 0 fully saturated rings. The predicted octanol–water partition coefficient (Wildman–Crippen LogP) is 6.21. The molecule has 0 radical (unpaired) electrons. The minimum atomic E-state index is 0.128. The number of unbranched alkanes of at least 4 members (excludes halogenated alkanes) is 3. The Kier molecular flexibility index (Phi) is 6.37. The van der Waals surface area contributed by atoms with Crippen molar-refractivity contribution < 1.29 is 0 Å². The second kappa shape index (κ2) is 7.28. The van der Waals surface area contributed by atoms with Gasteiger partial charge >= 0.3 is 0 Å². The third kappa shape index (κ3) is 4.52. The molecule has 0 bridgehead atoms. The Bertz CT molecular complexity index is 358. The summed E-state index contributed by atoms with van der Waals surface area (Å²) in [6.45, 7) is 6.35. The summed E-state index contributed by atoms with van der Waals surface area (Å²) in [5.74, 6) is 0. The van der Waals surface area contributed by atoms with Crippen LogP contribution in [0.4, 0.5) is 0 Å². The minimum absolute atomic E-state index is 0.128. The fraction of sp³-hybridized carbons (Fsp3) is 0.600. The Labute approximate surface area is 115 Å². The number of hydrogen-bond acceptors (Lipinski definition) is 0. The molecule has 0 aromatic heterocycles. The van der Waals surface area contributed by atoms with Gasteiger partial charge in [0.05, 0.1) is 5.38 Å². The van der Waals surface area contributed by atoms with Crippen LogP contribution in [0.2, 0.25) is 5.02 Å². The first-order valence-electron chi connectivity index (χ1n) is 6.47. The molecule has 0 aliphatic heterocycles. The van der Waals surface area contributed by atoms with Crippen LogP contribution in [-0.2, 0) is 0 Å². The molecule has 0 saturated heterocycles. The second-order valence-corrected chi connectivity index (χ2v) is 5.71. The van der Waals surface area contributed by atoms with E-state index in [9.17, 15) is 0 Å². The summed E-state index contributed by atoms with van der Waals surface area (Å²) in [6, 6.07) is 4.16. The van der Waals surface area contributed by atoms with Gasteiger partial charge in [-0.2, -0.15) is 0 Å². The standard InChI is InChI=1S/C15H22Cl2/c1-4-5-6-7-8-14(16)13-9-12(3)15(17)10-11(13)2/h9-10,14H,4-8H2,1-3H3. The number of rotatable bonds is 6. The van der Waals surface area contributed by atoms with Gasteiger partial charge in [-0.15, -0.1) is 11.6 Å². The molecule has 0 heterocycles. The Morgan fingerprint density at radius 3 is 2.41 bits per heavy atom. The SMILES string of the molecule is CCCCCCC(Cl)c1cc(C)c(Cl)cc1C. The zero-order chi connectivity index (χ0) is 12.8. The summed E-state index contributed by atoms with van der Waals surface area (Å²) in [5, 5.41) is 0.962. The summed E-state index contributed by atoms with van der Waals surface area (Å²) >= 11 is 12.6. The van der Waals surface area contributed by atoms with Crippen molar-refractivity contribution in [3.05, 3.63) is 33.8 Å². The van der Waals surface area contributed by atoms with Crippen LogP contribution in [0, 0.1) is 13.8 Å². The molecule has 0 nitrogen and oxygen atoms in total. The van der Waals surface area contributed by atoms with E-state index in [-0.39, 0.29) is 5.38 Å². The summed E-state index contributed by atoms with van der Waals surface area (Å²) in [4.78, 5) is 0. The number of hydrogen-bond donors (Lipinski definition) is 0. The molecular formula is C15H22Cl2. The van der Waals surface area contributed by atoms with Gasteiger partial charge in [-0.05, 0) is 43.0 Å². The van der Waals surface area contributed by atoms with Gasteiger partial charge in [-0.3, -0.25) is 0 Å². The highest BCUT2D eigenvalue weighted by Gasteiger charge is 2.12. The molecule has 17 heavy (non-hydrogen) atoms. The molecule has 1 aromatic rings. The van der Waals surface area contributed by atoms with E-state index in [0.717, 1.165) is 17.0 Å². The van der Waals surface area contributed by atoms with Crippen molar-refractivity contribution in [3.8, 4) is 0 Å². The van der Waals surface area contributed by atoms with Crippen LogP contribution in [-0.4, -0.2) is 0 Å². The lowest BCUT2D eigenvalue weighted by atomic mass is 9.99. The Morgan fingerprint density at radius 1 is 1.06 bits per heavy atom. The molecule has 1 unspecified atom stereocenters. The van der Waals surface area contributed by atoms with E-state index in [1.54, 1.807) is 0 Å². The smallest absolute Gasteiger partial charge is 0.0587 e. The fourth-order valence-electron chi connectivity index (χ4n) is 2.05. The highest BCUT2D eigenvalue weighted by Crippen LogP contribution is 2.32. The van der Waals surface area contributed by atoms with Gasteiger partial charge in [0, 0.05) is 5.02 Å². The molecule has 1 aromatic carbocycles. The maximum absolute atomic E-state index is 6.47. The van der Waals surface area contributed by atoms with Gasteiger partial charge in [-0.1, -0.05) is 50.3 Å². The average Bonchev–Trinajstić information content (AvgIpc) is 2.29. The second-order valence-electron chi connectivity index (χ2n) is 4.77. The van der Waals surface area contributed by atoms with Crippen LogP contribution in [0.3, 0.4) is 0 Å². The van der Waals surface area contributed by atoms with Gasteiger partial charge in [-0.25, -0.2) is 0 Å². The molecule has 0 saturated carbocycles. The first kappa shape index (κ1) is 14.9. The van der Waals surface area contributed by atoms with E-state index < -0.39 is 0 Å². The maximum atomic E-state index is 6.47. The normalized spacial score (nSPS) is 12.8. The monoisotopic (exact) mass is 272 g/mol. The van der Waals surface area contributed by atoms with Crippen LogP contribution in [0.1, 0.15) is 61.1 Å². The molecule has 2 heteroatoms. The van der Waals surface area contributed by atoms with Crippen LogP contribution >= 0.6 is 23.2 Å². The molecule has 0 amide bonds. The largest absolute Gasteiger partial charge is 0.118 e. The quantitative estimate of drug-likeness (QED) is 0.427. The van der Waals surface area contributed by atoms with Crippen LogP contribution < -0.4 is 0 Å². The third-order valence-corrected chi connectivity index (χ3v) is 4.06. The summed E-state index contributed by atoms with van der Waals surface area (Å²) < 4.78 is 0. The van der Waals surface area contributed by atoms with E-state index in [1.165, 1.54) is 36.8 Å². The van der Waals surface area contributed by atoms with Crippen molar-refractivity contribution in [2.45, 2.75) is 58.3 Å². The van der Waals surface area contributed by atoms with E-state index in [2.05, 4.69) is 19.9 Å². The zero-order valence-electron chi connectivity index (χ0n) is 11.0. The summed E-state index contributed by atoms with van der Waals surface area (Å²) in [6.07, 6.45) is 6.13. The number of alkyl halides is 1. The molecule has 1 rings (SSSR count). The lowest BCUT2D eigenvalue weighted by molar-refractivity contribution is 0.623. The molecule has 0 aliphatic rings. The highest BCUT2D eigenvalue weighted by molar-refractivity contribution is 6.31. The van der Waals surface area contributed by atoms with Gasteiger partial charge in [0.1, 0.15) is 0 Å². The first-order valence-corrected chi connectivity index (χ1v) is 7.28. The van der Waals surface area contributed by atoms with Crippen molar-refractivity contribution in [3.63, 3.8) is 0 Å². The Balaban J connectivity index is 2.62.